The van der Waals surface area contributed by atoms with E-state index in [-0.39, 0.29) is 11.8 Å². The van der Waals surface area contributed by atoms with Crippen LogP contribution in [0.4, 0.5) is 5.69 Å². The van der Waals surface area contributed by atoms with E-state index in [0.29, 0.717) is 24.7 Å². The Balaban J connectivity index is 1.38. The molecule has 0 saturated carbocycles. The summed E-state index contributed by atoms with van der Waals surface area (Å²) in [4.78, 5) is 22.9. The maximum atomic E-state index is 12.6. The number of nitrogens with zero attached hydrogens (tertiary/aromatic N) is 4. The van der Waals surface area contributed by atoms with Crippen LogP contribution in [-0.4, -0.2) is 27.6 Å². The topological polar surface area (TPSA) is 72.1 Å². The van der Waals surface area contributed by atoms with E-state index in [1.807, 2.05) is 17.0 Å². The highest BCUT2D eigenvalue weighted by atomic mass is 16.5. The van der Waals surface area contributed by atoms with Gasteiger partial charge >= 0.3 is 0 Å². The second-order valence-electron chi connectivity index (χ2n) is 6.91. The Morgan fingerprint density at radius 1 is 1.08 bits per heavy atom. The molecule has 3 heterocycles. The summed E-state index contributed by atoms with van der Waals surface area (Å²) in [6, 6.07) is 10.0. The van der Waals surface area contributed by atoms with Crippen LogP contribution in [0.3, 0.4) is 0 Å². The first kappa shape index (κ1) is 15.3. The van der Waals surface area contributed by atoms with Crippen LogP contribution in [0.5, 0.6) is 0 Å². The molecule has 5 rings (SSSR count). The number of carbonyl (C=O) groups excluding carboxylic acids is 1. The number of carbonyl (C=O) groups is 1. The van der Waals surface area contributed by atoms with Crippen LogP contribution in [-0.2, 0) is 17.6 Å². The number of pyridine rings is 1. The Bertz CT molecular complexity index is 967. The van der Waals surface area contributed by atoms with E-state index in [9.17, 15) is 4.79 Å². The second-order valence-corrected chi connectivity index (χ2v) is 6.91. The number of anilines is 1. The lowest BCUT2D eigenvalue weighted by Gasteiger charge is -2.17. The van der Waals surface area contributed by atoms with Crippen molar-refractivity contribution in [1.29, 1.82) is 0 Å². The molecule has 1 saturated heterocycles. The van der Waals surface area contributed by atoms with E-state index in [0.717, 1.165) is 24.1 Å². The van der Waals surface area contributed by atoms with Crippen LogP contribution < -0.4 is 4.90 Å². The highest BCUT2D eigenvalue weighted by molar-refractivity contribution is 5.96. The van der Waals surface area contributed by atoms with Gasteiger partial charge in [0.1, 0.15) is 0 Å². The zero-order valence-corrected chi connectivity index (χ0v) is 14.3. The summed E-state index contributed by atoms with van der Waals surface area (Å²) in [6.45, 7) is 0.590. The summed E-state index contributed by atoms with van der Waals surface area (Å²) < 4.78 is 5.38. The van der Waals surface area contributed by atoms with Crippen molar-refractivity contribution in [3.05, 3.63) is 59.7 Å². The molecule has 0 radical (unpaired) electrons. The van der Waals surface area contributed by atoms with Crippen molar-refractivity contribution in [1.82, 2.24) is 15.1 Å². The zero-order valence-electron chi connectivity index (χ0n) is 14.3. The lowest BCUT2D eigenvalue weighted by atomic mass is 10.1. The highest BCUT2D eigenvalue weighted by Gasteiger charge is 2.35. The molecule has 6 heteroatoms. The first-order valence-electron chi connectivity index (χ1n) is 8.94. The number of hydrogen-bond acceptors (Lipinski definition) is 5. The SMILES string of the molecule is O=C1CC(c2noc(-c3ccncc3)n2)CN1c1ccc2c(c1)CCC2. The van der Waals surface area contributed by atoms with Gasteiger partial charge in [0.2, 0.25) is 5.91 Å². The molecule has 1 aliphatic carbocycles. The Morgan fingerprint density at radius 2 is 1.92 bits per heavy atom. The molecule has 3 aromatic rings. The van der Waals surface area contributed by atoms with Gasteiger partial charge in [0.15, 0.2) is 5.82 Å². The van der Waals surface area contributed by atoms with E-state index in [1.54, 1.807) is 12.4 Å². The zero-order chi connectivity index (χ0) is 17.5. The molecule has 0 bridgehead atoms. The number of aryl methyl sites for hydroxylation is 2. The van der Waals surface area contributed by atoms with Crippen molar-refractivity contribution in [2.75, 3.05) is 11.4 Å². The van der Waals surface area contributed by atoms with E-state index in [2.05, 4.69) is 33.3 Å². The van der Waals surface area contributed by atoms with Gasteiger partial charge in [-0.05, 0) is 54.7 Å². The molecule has 0 spiro atoms. The molecule has 1 fully saturated rings. The average molecular weight is 346 g/mol. The first-order valence-corrected chi connectivity index (χ1v) is 8.94. The van der Waals surface area contributed by atoms with Crippen LogP contribution in [0.2, 0.25) is 0 Å². The fraction of sp³-hybridized carbons (Fsp3) is 0.300. The summed E-state index contributed by atoms with van der Waals surface area (Å²) in [7, 11) is 0. The number of hydrogen-bond donors (Lipinski definition) is 0. The third kappa shape index (κ3) is 2.58. The predicted molar refractivity (Wildman–Crippen MR) is 95.7 cm³/mol. The van der Waals surface area contributed by atoms with Crippen LogP contribution in [0.25, 0.3) is 11.5 Å². The third-order valence-electron chi connectivity index (χ3n) is 5.25. The van der Waals surface area contributed by atoms with E-state index in [4.69, 9.17) is 4.52 Å². The number of amides is 1. The summed E-state index contributed by atoms with van der Waals surface area (Å²) in [6.07, 6.45) is 7.24. The maximum absolute atomic E-state index is 12.6. The minimum absolute atomic E-state index is 0.0462. The minimum Gasteiger partial charge on any atom is -0.334 e. The number of fused-ring (bicyclic) bond motifs is 1. The summed E-state index contributed by atoms with van der Waals surface area (Å²) in [5.74, 6) is 1.12. The number of aromatic nitrogens is 3. The molecule has 1 aromatic carbocycles. The highest BCUT2D eigenvalue weighted by Crippen LogP contribution is 2.34. The van der Waals surface area contributed by atoms with Gasteiger partial charge in [-0.1, -0.05) is 11.2 Å². The van der Waals surface area contributed by atoms with Crippen LogP contribution in [0, 0.1) is 0 Å². The van der Waals surface area contributed by atoms with Crippen molar-refractivity contribution in [2.24, 2.45) is 0 Å². The Labute approximate surface area is 150 Å². The molecule has 1 aliphatic heterocycles. The van der Waals surface area contributed by atoms with Crippen LogP contribution >= 0.6 is 0 Å². The van der Waals surface area contributed by atoms with Gasteiger partial charge in [-0.25, -0.2) is 0 Å². The Kier molecular flexibility index (Phi) is 3.55. The molecule has 130 valence electrons. The van der Waals surface area contributed by atoms with Crippen LogP contribution in [0.1, 0.15) is 35.7 Å². The van der Waals surface area contributed by atoms with Crippen molar-refractivity contribution >= 4 is 11.6 Å². The van der Waals surface area contributed by atoms with Gasteiger partial charge < -0.3 is 9.42 Å². The predicted octanol–water partition coefficient (Wildman–Crippen LogP) is 3.14. The molecule has 1 unspecified atom stereocenters. The largest absolute Gasteiger partial charge is 0.334 e. The molecule has 2 aliphatic rings. The van der Waals surface area contributed by atoms with Crippen LogP contribution in [0.15, 0.2) is 47.2 Å². The smallest absolute Gasteiger partial charge is 0.258 e. The average Bonchev–Trinajstić information content (AvgIpc) is 3.41. The Morgan fingerprint density at radius 3 is 2.81 bits per heavy atom. The van der Waals surface area contributed by atoms with Gasteiger partial charge in [0, 0.05) is 42.5 Å². The first-order chi connectivity index (χ1) is 12.8. The molecule has 1 atom stereocenters. The quantitative estimate of drug-likeness (QED) is 0.728. The number of rotatable bonds is 3. The van der Waals surface area contributed by atoms with Gasteiger partial charge in [0.05, 0.1) is 0 Å². The lowest BCUT2D eigenvalue weighted by Crippen LogP contribution is -2.24. The van der Waals surface area contributed by atoms with Gasteiger partial charge in [0.25, 0.3) is 5.89 Å². The molecule has 26 heavy (non-hydrogen) atoms. The fourth-order valence-electron chi connectivity index (χ4n) is 3.87. The van der Waals surface area contributed by atoms with Gasteiger partial charge in [-0.15, -0.1) is 0 Å². The summed E-state index contributed by atoms with van der Waals surface area (Å²) in [5, 5.41) is 4.11. The molecule has 2 aromatic heterocycles. The lowest BCUT2D eigenvalue weighted by molar-refractivity contribution is -0.117. The monoisotopic (exact) mass is 346 g/mol. The van der Waals surface area contributed by atoms with Crippen molar-refractivity contribution in [3.63, 3.8) is 0 Å². The summed E-state index contributed by atoms with van der Waals surface area (Å²) >= 11 is 0. The fourth-order valence-corrected chi connectivity index (χ4v) is 3.87. The third-order valence-corrected chi connectivity index (χ3v) is 5.25. The molecule has 1 amide bonds. The summed E-state index contributed by atoms with van der Waals surface area (Å²) in [5.41, 5.74) is 4.60. The molecule has 0 N–H and O–H groups in total. The Hall–Kier alpha value is -3.02. The van der Waals surface area contributed by atoms with Gasteiger partial charge in [-0.3, -0.25) is 9.78 Å². The maximum Gasteiger partial charge on any atom is 0.258 e. The molecular weight excluding hydrogens is 328 g/mol. The standard InChI is InChI=1S/C20H18N4O2/c25-18-11-16(19-22-20(26-23-19)14-6-8-21-9-7-14)12-24(18)17-5-4-13-2-1-3-15(13)10-17/h4-10,16H,1-3,11-12H2. The van der Waals surface area contributed by atoms with Crippen molar-refractivity contribution in [2.45, 2.75) is 31.6 Å². The van der Waals surface area contributed by atoms with Crippen molar-refractivity contribution < 1.29 is 9.32 Å². The van der Waals surface area contributed by atoms with E-state index < -0.39 is 0 Å². The normalized spacial score (nSPS) is 19.2. The minimum atomic E-state index is -0.0462. The second kappa shape index (κ2) is 6.05. The van der Waals surface area contributed by atoms with Crippen molar-refractivity contribution in [3.8, 4) is 11.5 Å². The van der Waals surface area contributed by atoms with Gasteiger partial charge in [-0.2, -0.15) is 4.98 Å². The number of benzene rings is 1. The molecular formula is C20H18N4O2. The van der Waals surface area contributed by atoms with E-state index in [1.165, 1.54) is 17.5 Å². The van der Waals surface area contributed by atoms with E-state index >= 15 is 0 Å². The molecule has 6 nitrogen and oxygen atoms in total.